The van der Waals surface area contributed by atoms with Crippen LogP contribution in [-0.4, -0.2) is 51.6 Å². The maximum atomic E-state index is 13.7. The fourth-order valence-corrected chi connectivity index (χ4v) is 3.48. The lowest BCUT2D eigenvalue weighted by Gasteiger charge is -2.33. The normalized spacial score (nSPS) is 24.5. The molecule has 1 fully saturated rings. The molecule has 0 aromatic carbocycles. The number of carbonyl (C=O) groups excluding carboxylic acids is 4. The third-order valence-corrected chi connectivity index (χ3v) is 5.31. The molecule has 0 saturated carbocycles. The van der Waals surface area contributed by atoms with Crippen molar-refractivity contribution in [1.29, 1.82) is 0 Å². The summed E-state index contributed by atoms with van der Waals surface area (Å²) in [5.41, 5.74) is -3.55. The van der Waals surface area contributed by atoms with Gasteiger partial charge in [-0.2, -0.15) is 0 Å². The van der Waals surface area contributed by atoms with E-state index in [1.165, 1.54) is 0 Å². The molecular weight excluding hydrogens is 388 g/mol. The predicted molar refractivity (Wildman–Crippen MR) is 113 cm³/mol. The van der Waals surface area contributed by atoms with Crippen molar-refractivity contribution in [2.45, 2.75) is 105 Å². The van der Waals surface area contributed by atoms with Gasteiger partial charge in [0.25, 0.3) is 5.91 Å². The van der Waals surface area contributed by atoms with Crippen molar-refractivity contribution in [1.82, 2.24) is 10.2 Å². The zero-order valence-electron chi connectivity index (χ0n) is 20.0. The summed E-state index contributed by atoms with van der Waals surface area (Å²) in [6, 6.07) is -1.03. The van der Waals surface area contributed by atoms with Gasteiger partial charge in [0.15, 0.2) is 11.3 Å². The molecule has 8 heteroatoms. The van der Waals surface area contributed by atoms with E-state index in [0.717, 1.165) is 4.90 Å². The lowest BCUT2D eigenvalue weighted by Crippen LogP contribution is -2.63. The molecule has 3 amide bonds. The molecule has 1 aliphatic heterocycles. The van der Waals surface area contributed by atoms with E-state index >= 15 is 0 Å². The molecule has 1 saturated heterocycles. The molecule has 8 nitrogen and oxygen atoms in total. The molecule has 1 heterocycles. The van der Waals surface area contributed by atoms with Crippen LogP contribution in [0.1, 0.15) is 82.1 Å². The molecule has 1 rings (SSSR count). The lowest BCUT2D eigenvalue weighted by atomic mass is 9.78. The second-order valence-corrected chi connectivity index (χ2v) is 10.1. The fourth-order valence-electron chi connectivity index (χ4n) is 3.48. The van der Waals surface area contributed by atoms with Crippen molar-refractivity contribution in [2.24, 2.45) is 11.8 Å². The quantitative estimate of drug-likeness (QED) is 0.665. The highest BCUT2D eigenvalue weighted by Gasteiger charge is 2.65. The Labute approximate surface area is 180 Å². The number of nitrogens with zero attached hydrogens (tertiary/aromatic N) is 1. The van der Waals surface area contributed by atoms with Crippen molar-refractivity contribution in [3.63, 3.8) is 0 Å². The summed E-state index contributed by atoms with van der Waals surface area (Å²) < 4.78 is 10.8. The Hall–Kier alpha value is -2.12. The molecule has 0 aliphatic carbocycles. The first-order chi connectivity index (χ1) is 13.5. The predicted octanol–water partition coefficient (Wildman–Crippen LogP) is 4.06. The Bertz CT molecular complexity index is 691. The number of Topliss-reactive ketones (excluding diaryl/α,β-unsaturated/α-hetero) is 1. The van der Waals surface area contributed by atoms with Gasteiger partial charge in [-0.15, -0.1) is 0 Å². The van der Waals surface area contributed by atoms with Gasteiger partial charge in [0.05, 0.1) is 0 Å². The van der Waals surface area contributed by atoms with Crippen LogP contribution in [0.4, 0.5) is 9.59 Å². The monoisotopic (exact) mass is 426 g/mol. The smallest absolute Gasteiger partial charge is 0.417 e. The van der Waals surface area contributed by atoms with Gasteiger partial charge in [0.2, 0.25) is 0 Å². The molecule has 1 N–H and O–H groups in total. The van der Waals surface area contributed by atoms with Crippen LogP contribution in [0.3, 0.4) is 0 Å². The summed E-state index contributed by atoms with van der Waals surface area (Å²) in [5, 5.41) is 2.55. The Morgan fingerprint density at radius 2 is 1.50 bits per heavy atom. The number of hydrogen-bond donors (Lipinski definition) is 1. The van der Waals surface area contributed by atoms with E-state index in [1.807, 2.05) is 13.8 Å². The van der Waals surface area contributed by atoms with Crippen LogP contribution in [0.2, 0.25) is 0 Å². The number of nitrogens with one attached hydrogen (secondary N) is 1. The minimum Gasteiger partial charge on any atom is -0.444 e. The van der Waals surface area contributed by atoms with Crippen molar-refractivity contribution in [2.75, 3.05) is 0 Å². The first-order valence-corrected chi connectivity index (χ1v) is 10.6. The van der Waals surface area contributed by atoms with E-state index in [2.05, 4.69) is 5.32 Å². The lowest BCUT2D eigenvalue weighted by molar-refractivity contribution is -0.137. The SMILES string of the molecule is CC[C@@H](C)C1C(=O)C(NC(=O)OC(C)(C)C)([C@H](C)CC)C(=O)N1C(=O)OC(C)(C)C. The van der Waals surface area contributed by atoms with Crippen LogP contribution in [0, 0.1) is 11.8 Å². The number of imide groups is 1. The maximum absolute atomic E-state index is 13.7. The van der Waals surface area contributed by atoms with Crippen LogP contribution >= 0.6 is 0 Å². The summed E-state index contributed by atoms with van der Waals surface area (Å²) in [5.74, 6) is -2.13. The highest BCUT2D eigenvalue weighted by molar-refractivity contribution is 6.24. The number of alkyl carbamates (subject to hydrolysis) is 1. The Morgan fingerprint density at radius 3 is 1.90 bits per heavy atom. The first-order valence-electron chi connectivity index (χ1n) is 10.6. The van der Waals surface area contributed by atoms with E-state index in [0.29, 0.717) is 12.8 Å². The summed E-state index contributed by atoms with van der Waals surface area (Å²) in [4.78, 5) is 53.8. The Morgan fingerprint density at radius 1 is 1.00 bits per heavy atom. The largest absolute Gasteiger partial charge is 0.444 e. The number of likely N-dealkylation sites (tertiary alicyclic amines) is 1. The molecular formula is C22H38N2O6. The minimum absolute atomic E-state index is 0.305. The topological polar surface area (TPSA) is 102 Å². The van der Waals surface area contributed by atoms with E-state index in [9.17, 15) is 19.2 Å². The fraction of sp³-hybridized carbons (Fsp3) is 0.818. The van der Waals surface area contributed by atoms with Gasteiger partial charge in [-0.1, -0.05) is 40.5 Å². The molecule has 0 radical (unpaired) electrons. The van der Waals surface area contributed by atoms with Gasteiger partial charge in [0, 0.05) is 0 Å². The maximum Gasteiger partial charge on any atom is 0.417 e. The second-order valence-electron chi connectivity index (χ2n) is 10.1. The zero-order chi connectivity index (χ0) is 23.7. The average Bonchev–Trinajstić information content (AvgIpc) is 2.79. The summed E-state index contributed by atoms with van der Waals surface area (Å²) >= 11 is 0. The zero-order valence-corrected chi connectivity index (χ0v) is 20.0. The van der Waals surface area contributed by atoms with Crippen molar-refractivity contribution in [3.05, 3.63) is 0 Å². The highest BCUT2D eigenvalue weighted by Crippen LogP contribution is 2.38. The molecule has 172 valence electrons. The molecule has 0 spiro atoms. The van der Waals surface area contributed by atoms with Crippen LogP contribution in [0.15, 0.2) is 0 Å². The van der Waals surface area contributed by atoms with Crippen molar-refractivity contribution < 1.29 is 28.7 Å². The van der Waals surface area contributed by atoms with Gasteiger partial charge >= 0.3 is 12.2 Å². The van der Waals surface area contributed by atoms with Gasteiger partial charge in [-0.05, 0) is 53.4 Å². The molecule has 0 aromatic rings. The summed E-state index contributed by atoms with van der Waals surface area (Å²) in [6.07, 6.45) is -0.768. The number of hydrogen-bond acceptors (Lipinski definition) is 6. The van der Waals surface area contributed by atoms with E-state index < -0.39 is 52.6 Å². The van der Waals surface area contributed by atoms with Gasteiger partial charge in [-0.3, -0.25) is 14.9 Å². The van der Waals surface area contributed by atoms with Gasteiger partial charge < -0.3 is 9.47 Å². The highest BCUT2D eigenvalue weighted by atomic mass is 16.6. The minimum atomic E-state index is -1.89. The molecule has 0 aromatic heterocycles. The average molecular weight is 427 g/mol. The van der Waals surface area contributed by atoms with Gasteiger partial charge in [0.1, 0.15) is 17.2 Å². The first kappa shape index (κ1) is 25.9. The Kier molecular flexibility index (Phi) is 7.72. The third-order valence-electron chi connectivity index (χ3n) is 5.31. The van der Waals surface area contributed by atoms with E-state index in [-0.39, 0.29) is 5.92 Å². The van der Waals surface area contributed by atoms with Gasteiger partial charge in [-0.25, -0.2) is 14.5 Å². The number of carbonyl (C=O) groups is 4. The molecule has 1 aliphatic rings. The van der Waals surface area contributed by atoms with Crippen LogP contribution in [0.25, 0.3) is 0 Å². The van der Waals surface area contributed by atoms with E-state index in [1.54, 1.807) is 55.4 Å². The van der Waals surface area contributed by atoms with Crippen molar-refractivity contribution >= 4 is 23.9 Å². The number of ketones is 1. The number of amides is 3. The van der Waals surface area contributed by atoms with Crippen molar-refractivity contribution in [3.8, 4) is 0 Å². The molecule has 30 heavy (non-hydrogen) atoms. The second kappa shape index (κ2) is 8.94. The number of ether oxygens (including phenoxy) is 2. The van der Waals surface area contributed by atoms with Crippen LogP contribution in [0.5, 0.6) is 0 Å². The van der Waals surface area contributed by atoms with Crippen LogP contribution in [-0.2, 0) is 19.1 Å². The molecule has 0 bridgehead atoms. The summed E-state index contributed by atoms with van der Waals surface area (Å²) in [6.45, 7) is 17.3. The molecule has 4 atom stereocenters. The Balaban J connectivity index is 3.53. The standard InChI is InChI=1S/C22H38N2O6/c1-11-13(3)15-16(25)22(14(4)12-2,23-18(27)29-20(5,6)7)17(26)24(15)19(28)30-21(8,9)10/h13-15H,11-12H2,1-10H3,(H,23,27)/t13-,14-,15?,22?/m1/s1. The molecule has 2 unspecified atom stereocenters. The third kappa shape index (κ3) is 5.32. The van der Waals surface area contributed by atoms with E-state index in [4.69, 9.17) is 9.47 Å². The summed E-state index contributed by atoms with van der Waals surface area (Å²) in [7, 11) is 0. The number of rotatable bonds is 5. The van der Waals surface area contributed by atoms with Crippen LogP contribution < -0.4 is 5.32 Å².